The number of nitrogen functional groups attached to an aromatic ring is 1. The predicted octanol–water partition coefficient (Wildman–Crippen LogP) is 3.97. The Kier molecular flexibility index (Phi) is 3.02. The van der Waals surface area contributed by atoms with E-state index >= 15 is 0 Å². The Morgan fingerprint density at radius 1 is 1.06 bits per heavy atom. The molecule has 3 N–H and O–H groups in total. The van der Waals surface area contributed by atoms with E-state index in [1.807, 2.05) is 49.4 Å². The summed E-state index contributed by atoms with van der Waals surface area (Å²) in [6.45, 7) is 2.01. The van der Waals surface area contributed by atoms with Crippen molar-refractivity contribution in [1.82, 2.24) is 0 Å². The number of nitrogens with one attached hydrogen (secondary N) is 1. The first-order valence-electron chi connectivity index (χ1n) is 5.04. The van der Waals surface area contributed by atoms with Crippen LogP contribution in [-0.2, 0) is 0 Å². The summed E-state index contributed by atoms with van der Waals surface area (Å²) in [5.74, 6) is 0. The van der Waals surface area contributed by atoms with Gasteiger partial charge in [0.05, 0.1) is 10.7 Å². The number of aryl methyl sites for hydroxylation is 1. The molecule has 0 aliphatic heterocycles. The Morgan fingerprint density at radius 2 is 1.81 bits per heavy atom. The van der Waals surface area contributed by atoms with Crippen LogP contribution in [0.25, 0.3) is 0 Å². The Bertz CT molecular complexity index is 509. The maximum absolute atomic E-state index is 6.07. The van der Waals surface area contributed by atoms with Crippen LogP contribution in [0.2, 0.25) is 5.02 Å². The minimum absolute atomic E-state index is 0.707. The van der Waals surface area contributed by atoms with Crippen molar-refractivity contribution >= 4 is 28.7 Å². The summed E-state index contributed by atoms with van der Waals surface area (Å²) in [4.78, 5) is 0. The second kappa shape index (κ2) is 4.45. The van der Waals surface area contributed by atoms with Crippen LogP contribution in [0.5, 0.6) is 0 Å². The molecule has 0 saturated heterocycles. The van der Waals surface area contributed by atoms with Gasteiger partial charge >= 0.3 is 0 Å². The van der Waals surface area contributed by atoms with Crippen molar-refractivity contribution in [3.63, 3.8) is 0 Å². The number of rotatable bonds is 2. The summed E-state index contributed by atoms with van der Waals surface area (Å²) in [5, 5.41) is 3.99. The second-order valence-electron chi connectivity index (χ2n) is 3.68. The van der Waals surface area contributed by atoms with E-state index in [1.54, 1.807) is 0 Å². The lowest BCUT2D eigenvalue weighted by Crippen LogP contribution is -1.95. The van der Waals surface area contributed by atoms with Crippen molar-refractivity contribution in [1.29, 1.82) is 0 Å². The Labute approximate surface area is 100 Å². The molecule has 0 bridgehead atoms. The molecule has 16 heavy (non-hydrogen) atoms. The third-order valence-electron chi connectivity index (χ3n) is 2.39. The molecule has 0 radical (unpaired) electrons. The minimum Gasteiger partial charge on any atom is -0.399 e. The van der Waals surface area contributed by atoms with Crippen LogP contribution in [0, 0.1) is 6.92 Å². The third-order valence-corrected chi connectivity index (χ3v) is 2.72. The van der Waals surface area contributed by atoms with Gasteiger partial charge in [0, 0.05) is 11.4 Å². The quantitative estimate of drug-likeness (QED) is 0.769. The molecule has 2 aromatic carbocycles. The number of halogens is 1. The zero-order valence-corrected chi connectivity index (χ0v) is 9.75. The summed E-state index contributed by atoms with van der Waals surface area (Å²) >= 11 is 6.07. The van der Waals surface area contributed by atoms with Crippen LogP contribution in [-0.4, -0.2) is 0 Å². The number of para-hydroxylation sites is 1. The normalized spacial score (nSPS) is 10.1. The molecule has 82 valence electrons. The van der Waals surface area contributed by atoms with E-state index in [0.717, 1.165) is 22.6 Å². The van der Waals surface area contributed by atoms with E-state index in [9.17, 15) is 0 Å². The lowest BCUT2D eigenvalue weighted by atomic mass is 10.1. The average molecular weight is 233 g/mol. The van der Waals surface area contributed by atoms with E-state index in [4.69, 9.17) is 17.3 Å². The monoisotopic (exact) mass is 232 g/mol. The summed E-state index contributed by atoms with van der Waals surface area (Å²) < 4.78 is 0. The lowest BCUT2D eigenvalue weighted by molar-refractivity contribution is 1.43. The van der Waals surface area contributed by atoms with Gasteiger partial charge in [0.2, 0.25) is 0 Å². The molecule has 0 fully saturated rings. The molecule has 2 nitrogen and oxygen atoms in total. The highest BCUT2D eigenvalue weighted by molar-refractivity contribution is 6.33. The molecular weight excluding hydrogens is 220 g/mol. The van der Waals surface area contributed by atoms with E-state index in [2.05, 4.69) is 5.32 Å². The van der Waals surface area contributed by atoms with Crippen molar-refractivity contribution in [3.05, 3.63) is 53.1 Å². The van der Waals surface area contributed by atoms with Gasteiger partial charge in [-0.2, -0.15) is 0 Å². The van der Waals surface area contributed by atoms with Gasteiger partial charge in [0.25, 0.3) is 0 Å². The maximum Gasteiger partial charge on any atom is 0.0640 e. The maximum atomic E-state index is 6.07. The number of nitrogens with two attached hydrogens (primary N) is 1. The Morgan fingerprint density at radius 3 is 2.50 bits per heavy atom. The summed E-state index contributed by atoms with van der Waals surface area (Å²) in [6, 6.07) is 13.4. The highest BCUT2D eigenvalue weighted by atomic mass is 35.5. The van der Waals surface area contributed by atoms with Gasteiger partial charge in [0.15, 0.2) is 0 Å². The SMILES string of the molecule is Cc1cc(N)ccc1Nc1ccccc1Cl. The zero-order chi connectivity index (χ0) is 11.5. The molecule has 0 aromatic heterocycles. The molecule has 2 aromatic rings. The van der Waals surface area contributed by atoms with E-state index in [1.165, 1.54) is 0 Å². The predicted molar refractivity (Wildman–Crippen MR) is 70.3 cm³/mol. The van der Waals surface area contributed by atoms with Crippen LogP contribution in [0.4, 0.5) is 17.1 Å². The van der Waals surface area contributed by atoms with Gasteiger partial charge in [-0.3, -0.25) is 0 Å². The molecule has 0 unspecified atom stereocenters. The van der Waals surface area contributed by atoms with Crippen molar-refractivity contribution in [2.24, 2.45) is 0 Å². The number of benzene rings is 2. The highest BCUT2D eigenvalue weighted by Crippen LogP contribution is 2.27. The van der Waals surface area contributed by atoms with Gasteiger partial charge < -0.3 is 11.1 Å². The molecule has 3 heteroatoms. The first-order chi connectivity index (χ1) is 7.66. The van der Waals surface area contributed by atoms with Crippen LogP contribution in [0.15, 0.2) is 42.5 Å². The second-order valence-corrected chi connectivity index (χ2v) is 4.09. The van der Waals surface area contributed by atoms with Gasteiger partial charge in [0.1, 0.15) is 0 Å². The summed E-state index contributed by atoms with van der Waals surface area (Å²) in [5.41, 5.74) is 9.48. The highest BCUT2D eigenvalue weighted by Gasteiger charge is 2.02. The smallest absolute Gasteiger partial charge is 0.0640 e. The van der Waals surface area contributed by atoms with E-state index < -0.39 is 0 Å². The largest absolute Gasteiger partial charge is 0.399 e. The van der Waals surface area contributed by atoms with Crippen molar-refractivity contribution in [2.45, 2.75) is 6.92 Å². The number of hydrogen-bond donors (Lipinski definition) is 2. The van der Waals surface area contributed by atoms with Crippen molar-refractivity contribution < 1.29 is 0 Å². The fourth-order valence-electron chi connectivity index (χ4n) is 1.53. The van der Waals surface area contributed by atoms with Crippen LogP contribution in [0.3, 0.4) is 0 Å². The summed E-state index contributed by atoms with van der Waals surface area (Å²) in [6.07, 6.45) is 0. The third kappa shape index (κ3) is 2.28. The summed E-state index contributed by atoms with van der Waals surface area (Å²) in [7, 11) is 0. The van der Waals surface area contributed by atoms with Gasteiger partial charge in [-0.25, -0.2) is 0 Å². The van der Waals surface area contributed by atoms with Gasteiger partial charge in [-0.1, -0.05) is 23.7 Å². The Hall–Kier alpha value is -1.67. The molecule has 2 rings (SSSR count). The first-order valence-corrected chi connectivity index (χ1v) is 5.42. The molecule has 0 aliphatic carbocycles. The lowest BCUT2D eigenvalue weighted by Gasteiger charge is -2.11. The van der Waals surface area contributed by atoms with Crippen molar-refractivity contribution in [2.75, 3.05) is 11.1 Å². The molecule has 0 spiro atoms. The molecule has 0 amide bonds. The van der Waals surface area contributed by atoms with Crippen molar-refractivity contribution in [3.8, 4) is 0 Å². The molecule has 0 heterocycles. The standard InChI is InChI=1S/C13H13ClN2/c1-9-8-10(15)6-7-12(9)16-13-5-3-2-4-11(13)14/h2-8,16H,15H2,1H3. The fraction of sp³-hybridized carbons (Fsp3) is 0.0769. The topological polar surface area (TPSA) is 38.0 Å². The minimum atomic E-state index is 0.707. The van der Waals surface area contributed by atoms with Crippen LogP contribution < -0.4 is 11.1 Å². The molecule has 0 aliphatic rings. The van der Waals surface area contributed by atoms with Gasteiger partial charge in [-0.05, 0) is 42.8 Å². The molecular formula is C13H13ClN2. The fourth-order valence-corrected chi connectivity index (χ4v) is 1.72. The number of anilines is 3. The van der Waals surface area contributed by atoms with Crippen LogP contribution >= 0.6 is 11.6 Å². The molecule has 0 atom stereocenters. The van der Waals surface area contributed by atoms with Gasteiger partial charge in [-0.15, -0.1) is 0 Å². The number of hydrogen-bond acceptors (Lipinski definition) is 2. The van der Waals surface area contributed by atoms with E-state index in [0.29, 0.717) is 5.02 Å². The average Bonchev–Trinajstić information content (AvgIpc) is 2.25. The van der Waals surface area contributed by atoms with Crippen LogP contribution in [0.1, 0.15) is 5.56 Å². The Balaban J connectivity index is 2.31. The molecule has 0 saturated carbocycles. The first kappa shape index (κ1) is 10.8. The van der Waals surface area contributed by atoms with E-state index in [-0.39, 0.29) is 0 Å². The zero-order valence-electron chi connectivity index (χ0n) is 9.00.